The second-order valence-electron chi connectivity index (χ2n) is 9.45. The van der Waals surface area contributed by atoms with Crippen molar-refractivity contribution in [3.63, 3.8) is 0 Å². The maximum Gasteiger partial charge on any atom is 0.212 e. The molecule has 2 N–H and O–H groups in total. The Morgan fingerprint density at radius 2 is 1.95 bits per heavy atom. The summed E-state index contributed by atoms with van der Waals surface area (Å²) in [6.07, 6.45) is 8.59. The minimum absolute atomic E-state index is 0. The normalized spacial score (nSPS) is 11.5. The van der Waals surface area contributed by atoms with Gasteiger partial charge in [0, 0.05) is 22.0 Å². The first kappa shape index (κ1) is 29.2. The molecule has 0 saturated heterocycles. The number of hydrogen-bond acceptors (Lipinski definition) is 8. The highest BCUT2D eigenvalue weighted by molar-refractivity contribution is 7.71. The first-order chi connectivity index (χ1) is 20.5. The molecule has 0 aliphatic rings. The second-order valence-corrected chi connectivity index (χ2v) is 10.2. The highest BCUT2D eigenvalue weighted by atomic mass is 32.2. The van der Waals surface area contributed by atoms with Crippen molar-refractivity contribution in [1.29, 1.82) is 0 Å². The van der Waals surface area contributed by atoms with Gasteiger partial charge in [-0.1, -0.05) is 25.5 Å². The molecule has 216 valence electrons. The molecular formula is C32H27FN6O3S. The van der Waals surface area contributed by atoms with Gasteiger partial charge >= 0.3 is 0 Å². The number of nitrogens with zero attached hydrogens (tertiary/aromatic N) is 4. The zero-order valence-corrected chi connectivity index (χ0v) is 22.8. The van der Waals surface area contributed by atoms with E-state index in [-0.39, 0.29) is 19.8 Å². The number of hydrogen-bond donors (Lipinski definition) is 2. The minimum Gasteiger partial charge on any atom is -0.459 e. The summed E-state index contributed by atoms with van der Waals surface area (Å²) in [5.74, 6) is 3.72. The molecule has 0 saturated carbocycles. The van der Waals surface area contributed by atoms with Crippen LogP contribution in [0.25, 0.3) is 33.1 Å². The molecule has 0 bridgehead atoms. The van der Waals surface area contributed by atoms with Crippen molar-refractivity contribution < 1.29 is 17.2 Å². The average molecular weight is 595 g/mol. The molecule has 11 heteroatoms. The number of aromatic nitrogens is 4. The predicted octanol–water partition coefficient (Wildman–Crippen LogP) is 5.75. The number of fused-ring (bicyclic) bond motifs is 2. The van der Waals surface area contributed by atoms with Crippen LogP contribution in [0.15, 0.2) is 89.7 Å². The third-order valence-electron chi connectivity index (χ3n) is 6.65. The third-order valence-corrected chi connectivity index (χ3v) is 7.14. The van der Waals surface area contributed by atoms with Gasteiger partial charge in [0.15, 0.2) is 0 Å². The molecular weight excluding hydrogens is 567 g/mol. The molecule has 1 atom stereocenters. The van der Waals surface area contributed by atoms with Gasteiger partial charge in [-0.25, -0.2) is 14.4 Å². The summed E-state index contributed by atoms with van der Waals surface area (Å²) in [6.45, 7) is 0.631. The van der Waals surface area contributed by atoms with Crippen LogP contribution in [0.4, 0.5) is 15.9 Å². The molecule has 6 rings (SSSR count). The summed E-state index contributed by atoms with van der Waals surface area (Å²) < 4.78 is 44.1. The topological polar surface area (TPSA) is 115 Å². The van der Waals surface area contributed by atoms with Crippen LogP contribution in [0.1, 0.15) is 24.8 Å². The van der Waals surface area contributed by atoms with Gasteiger partial charge in [0.05, 0.1) is 41.7 Å². The number of rotatable bonds is 9. The van der Waals surface area contributed by atoms with Gasteiger partial charge in [-0.05, 0) is 66.2 Å². The molecule has 0 aliphatic carbocycles. The van der Waals surface area contributed by atoms with Gasteiger partial charge in [0.2, 0.25) is 10.3 Å². The largest absolute Gasteiger partial charge is 0.459 e. The molecule has 3 heterocycles. The van der Waals surface area contributed by atoms with E-state index in [0.29, 0.717) is 23.9 Å². The Hall–Kier alpha value is -5.31. The molecule has 0 fully saturated rings. The number of nitrogens with one attached hydrogen (secondary N) is 2. The molecule has 9 nitrogen and oxygen atoms in total. The summed E-state index contributed by atoms with van der Waals surface area (Å²) in [5.41, 5.74) is 4.05. The lowest BCUT2D eigenvalue weighted by Crippen LogP contribution is -2.22. The van der Waals surface area contributed by atoms with E-state index >= 15 is 0 Å². The Labute approximate surface area is 248 Å². The minimum atomic E-state index is -2.40. The molecule has 1 unspecified atom stereocenters. The number of anilines is 2. The molecule has 3 aromatic carbocycles. The van der Waals surface area contributed by atoms with E-state index in [0.717, 1.165) is 44.0 Å². The summed E-state index contributed by atoms with van der Waals surface area (Å²) in [4.78, 5) is 8.87. The van der Waals surface area contributed by atoms with E-state index in [1.807, 2.05) is 47.1 Å². The van der Waals surface area contributed by atoms with E-state index in [2.05, 4.69) is 31.6 Å². The van der Waals surface area contributed by atoms with Crippen molar-refractivity contribution in [1.82, 2.24) is 25.1 Å². The standard InChI is InChI=1S/C31H23FN6O3S.CH4/c1-2-12-33-27(18-42(39)40)30-11-10-29(41-30)21-6-8-26-25(15-21)31(35-19-34-26)37-24-7-9-28-22(14-24)16-36-38(28)17-20-4-3-5-23(32)13-20;/h1,3-11,13-16,18-19,27,33H,12,17H2,(H,34,35,37);1H4. The van der Waals surface area contributed by atoms with Gasteiger partial charge in [-0.15, -0.1) is 6.42 Å². The van der Waals surface area contributed by atoms with Crippen molar-refractivity contribution >= 4 is 49.0 Å². The van der Waals surface area contributed by atoms with Crippen molar-refractivity contribution in [3.05, 3.63) is 102 Å². The van der Waals surface area contributed by atoms with E-state index in [4.69, 9.17) is 10.8 Å². The summed E-state index contributed by atoms with van der Waals surface area (Å²) >= 11 is 0. The van der Waals surface area contributed by atoms with Crippen LogP contribution in [0.5, 0.6) is 0 Å². The lowest BCUT2D eigenvalue weighted by Gasteiger charge is -2.10. The van der Waals surface area contributed by atoms with Crippen molar-refractivity contribution in [2.24, 2.45) is 0 Å². The van der Waals surface area contributed by atoms with E-state index < -0.39 is 16.3 Å². The van der Waals surface area contributed by atoms with E-state index in [1.165, 1.54) is 18.5 Å². The van der Waals surface area contributed by atoms with Crippen LogP contribution in [0.3, 0.4) is 0 Å². The van der Waals surface area contributed by atoms with Crippen LogP contribution in [0.2, 0.25) is 0 Å². The number of terminal acetylenes is 1. The van der Waals surface area contributed by atoms with Crippen LogP contribution < -0.4 is 10.6 Å². The van der Waals surface area contributed by atoms with Crippen molar-refractivity contribution in [3.8, 4) is 23.7 Å². The molecule has 6 aromatic rings. The molecule has 43 heavy (non-hydrogen) atoms. The van der Waals surface area contributed by atoms with Crippen LogP contribution in [-0.2, 0) is 16.8 Å². The van der Waals surface area contributed by atoms with Crippen LogP contribution in [0, 0.1) is 18.2 Å². The molecule has 0 radical (unpaired) electrons. The Morgan fingerprint density at radius 3 is 2.77 bits per heavy atom. The molecule has 0 amide bonds. The third kappa shape index (κ3) is 6.46. The Balaban J connectivity index is 0.00000368. The maximum absolute atomic E-state index is 13.6. The van der Waals surface area contributed by atoms with Crippen molar-refractivity contribution in [2.45, 2.75) is 20.0 Å². The van der Waals surface area contributed by atoms with Gasteiger partial charge in [-0.3, -0.25) is 10.00 Å². The van der Waals surface area contributed by atoms with E-state index in [9.17, 15) is 12.8 Å². The van der Waals surface area contributed by atoms with Gasteiger partial charge in [0.1, 0.15) is 29.5 Å². The van der Waals surface area contributed by atoms with E-state index in [1.54, 1.807) is 24.4 Å². The molecule has 3 aromatic heterocycles. The highest BCUT2D eigenvalue weighted by Crippen LogP contribution is 2.31. The van der Waals surface area contributed by atoms with Gasteiger partial charge in [-0.2, -0.15) is 13.5 Å². The predicted molar refractivity (Wildman–Crippen MR) is 167 cm³/mol. The van der Waals surface area contributed by atoms with Crippen LogP contribution in [-0.4, -0.2) is 40.1 Å². The summed E-state index contributed by atoms with van der Waals surface area (Å²) in [5, 5.41) is 13.6. The lowest BCUT2D eigenvalue weighted by atomic mass is 10.1. The van der Waals surface area contributed by atoms with Gasteiger partial charge < -0.3 is 9.73 Å². The second kappa shape index (κ2) is 12.7. The highest BCUT2D eigenvalue weighted by Gasteiger charge is 2.16. The smallest absolute Gasteiger partial charge is 0.212 e. The zero-order valence-electron chi connectivity index (χ0n) is 22.0. The Bertz CT molecular complexity index is 2110. The Kier molecular flexibility index (Phi) is 8.61. The van der Waals surface area contributed by atoms with Crippen LogP contribution >= 0.6 is 0 Å². The van der Waals surface area contributed by atoms with Crippen molar-refractivity contribution in [2.75, 3.05) is 11.9 Å². The first-order valence-electron chi connectivity index (χ1n) is 12.9. The fraction of sp³-hybridized carbons (Fsp3) is 0.125. The fourth-order valence-electron chi connectivity index (χ4n) is 4.72. The zero-order chi connectivity index (χ0) is 29.1. The molecule has 0 spiro atoms. The monoisotopic (exact) mass is 594 g/mol. The molecule has 0 aliphatic heterocycles. The summed E-state index contributed by atoms with van der Waals surface area (Å²) in [6, 6.07) is 20.8. The quantitative estimate of drug-likeness (QED) is 0.161. The van der Waals surface area contributed by atoms with Gasteiger partial charge in [0.25, 0.3) is 0 Å². The average Bonchev–Trinajstić information content (AvgIpc) is 3.63. The number of halogens is 1. The number of furan rings is 1. The lowest BCUT2D eigenvalue weighted by molar-refractivity contribution is 0.489. The summed E-state index contributed by atoms with van der Waals surface area (Å²) in [7, 11) is -2.40. The maximum atomic E-state index is 13.6. The fourth-order valence-corrected chi connectivity index (χ4v) is 5.17. The Morgan fingerprint density at radius 1 is 1.07 bits per heavy atom. The first-order valence-corrected chi connectivity index (χ1v) is 14.0. The number of benzene rings is 3. The SMILES string of the molecule is C.C#CCNC(C=S(=O)=O)c1ccc(-c2ccc3ncnc(Nc4ccc5c(cnn5Cc5cccc(F)c5)c4)c3c2)o1.